The Morgan fingerprint density at radius 2 is 2.00 bits per heavy atom. The van der Waals surface area contributed by atoms with E-state index in [1.807, 2.05) is 12.1 Å². The molecule has 0 saturated carbocycles. The van der Waals surface area contributed by atoms with Crippen LogP contribution in [0.3, 0.4) is 0 Å². The van der Waals surface area contributed by atoms with Crippen LogP contribution >= 0.6 is 11.3 Å². The highest BCUT2D eigenvalue weighted by Gasteiger charge is 2.25. The van der Waals surface area contributed by atoms with Gasteiger partial charge < -0.3 is 15.3 Å². The molecule has 1 aromatic heterocycles. The van der Waals surface area contributed by atoms with Gasteiger partial charge in [0.2, 0.25) is 5.91 Å². The molecule has 0 unspecified atom stereocenters. The fraction of sp³-hybridized carbons (Fsp3) is 0.455. The van der Waals surface area contributed by atoms with Crippen LogP contribution in [0.2, 0.25) is 0 Å². The van der Waals surface area contributed by atoms with Crippen molar-refractivity contribution >= 4 is 27.9 Å². The summed E-state index contributed by atoms with van der Waals surface area (Å²) >= 11 is 1.58. The Balaban J connectivity index is 1.33. The minimum absolute atomic E-state index is 0.0498. The molecule has 152 valence electrons. The quantitative estimate of drug-likeness (QED) is 0.809. The van der Waals surface area contributed by atoms with Crippen molar-refractivity contribution in [3.63, 3.8) is 0 Å². The van der Waals surface area contributed by atoms with Gasteiger partial charge >= 0.3 is 0 Å². The molecule has 4 rings (SSSR count). The summed E-state index contributed by atoms with van der Waals surface area (Å²) in [6.45, 7) is 5.87. The number of phenols is 1. The van der Waals surface area contributed by atoms with Crippen LogP contribution in [0.1, 0.15) is 29.3 Å². The van der Waals surface area contributed by atoms with Crippen LogP contribution in [0, 0.1) is 17.2 Å². The van der Waals surface area contributed by atoms with Crippen molar-refractivity contribution in [2.75, 3.05) is 42.9 Å². The second-order valence-corrected chi connectivity index (χ2v) is 9.10. The molecule has 1 aromatic carbocycles. The van der Waals surface area contributed by atoms with E-state index in [1.165, 1.54) is 4.88 Å². The standard InChI is InChI=1S/C22H26N4O2S/c1-15-2-7-18-19(13-23)22(29-20(18)12-15)24-21(28)14-25-8-10-26(11-9-25)16-3-5-17(27)6-4-16/h3-6,15,27H,2,7-12,14H2,1H3,(H,24,28)/t15-/m0/s1. The predicted molar refractivity (Wildman–Crippen MR) is 116 cm³/mol. The second kappa shape index (κ2) is 8.44. The molecule has 0 bridgehead atoms. The molecule has 2 heterocycles. The van der Waals surface area contributed by atoms with E-state index in [4.69, 9.17) is 0 Å². The number of hydrogen-bond donors (Lipinski definition) is 2. The van der Waals surface area contributed by atoms with Crippen LogP contribution in [0.15, 0.2) is 24.3 Å². The molecule has 0 spiro atoms. The fourth-order valence-corrected chi connectivity index (χ4v) is 5.53. The number of carbonyl (C=O) groups is 1. The number of amides is 1. The number of aromatic hydroxyl groups is 1. The zero-order valence-electron chi connectivity index (χ0n) is 16.6. The minimum atomic E-state index is -0.0498. The van der Waals surface area contributed by atoms with Gasteiger partial charge in [-0.25, -0.2) is 0 Å². The predicted octanol–water partition coefficient (Wildman–Crippen LogP) is 3.21. The summed E-state index contributed by atoms with van der Waals surface area (Å²) in [7, 11) is 0. The number of anilines is 2. The van der Waals surface area contributed by atoms with Crippen molar-refractivity contribution in [3.8, 4) is 11.8 Å². The van der Waals surface area contributed by atoms with Gasteiger partial charge in [-0.15, -0.1) is 11.3 Å². The maximum Gasteiger partial charge on any atom is 0.239 e. The first kappa shape index (κ1) is 19.7. The number of nitriles is 1. The van der Waals surface area contributed by atoms with Crippen LogP contribution < -0.4 is 10.2 Å². The number of piperazine rings is 1. The van der Waals surface area contributed by atoms with Crippen LogP contribution in [0.5, 0.6) is 5.75 Å². The van der Waals surface area contributed by atoms with E-state index in [2.05, 4.69) is 28.1 Å². The van der Waals surface area contributed by atoms with Gasteiger partial charge in [0, 0.05) is 36.7 Å². The minimum Gasteiger partial charge on any atom is -0.508 e. The SMILES string of the molecule is C[C@H]1CCc2c(sc(NC(=O)CN3CCN(c4ccc(O)cc4)CC3)c2C#N)C1. The second-order valence-electron chi connectivity index (χ2n) is 8.00. The van der Waals surface area contributed by atoms with Crippen molar-refractivity contribution in [1.29, 1.82) is 5.26 Å². The third-order valence-electron chi connectivity index (χ3n) is 5.83. The molecule has 2 aliphatic rings. The average molecular weight is 411 g/mol. The normalized spacial score (nSPS) is 19.4. The third-order valence-corrected chi connectivity index (χ3v) is 7.00. The van der Waals surface area contributed by atoms with Gasteiger partial charge in [-0.05, 0) is 55.0 Å². The zero-order chi connectivity index (χ0) is 20.4. The fourth-order valence-electron chi connectivity index (χ4n) is 4.15. The molecule has 1 fully saturated rings. The molecule has 0 radical (unpaired) electrons. The Morgan fingerprint density at radius 3 is 2.69 bits per heavy atom. The summed E-state index contributed by atoms with van der Waals surface area (Å²) < 4.78 is 0. The van der Waals surface area contributed by atoms with Crippen LogP contribution in [0.4, 0.5) is 10.7 Å². The number of thiophene rings is 1. The summed E-state index contributed by atoms with van der Waals surface area (Å²) in [4.78, 5) is 18.3. The number of rotatable bonds is 4. The highest BCUT2D eigenvalue weighted by Crippen LogP contribution is 2.39. The summed E-state index contributed by atoms with van der Waals surface area (Å²) in [5.74, 6) is 0.859. The molecule has 6 nitrogen and oxygen atoms in total. The summed E-state index contributed by atoms with van der Waals surface area (Å²) in [5.41, 5.74) is 2.90. The van der Waals surface area contributed by atoms with Gasteiger partial charge in [0.15, 0.2) is 0 Å². The van der Waals surface area contributed by atoms with Crippen LogP contribution in [-0.2, 0) is 17.6 Å². The summed E-state index contributed by atoms with van der Waals surface area (Å²) in [5, 5.41) is 22.7. The summed E-state index contributed by atoms with van der Waals surface area (Å²) in [6, 6.07) is 9.54. The Kier molecular flexibility index (Phi) is 5.74. The maximum absolute atomic E-state index is 12.6. The van der Waals surface area contributed by atoms with E-state index in [0.29, 0.717) is 18.0 Å². The molecule has 1 saturated heterocycles. The van der Waals surface area contributed by atoms with Gasteiger partial charge in [-0.3, -0.25) is 9.69 Å². The number of fused-ring (bicyclic) bond motifs is 1. The molecular formula is C22H26N4O2S. The molecule has 1 aliphatic heterocycles. The Labute approximate surface area is 175 Å². The van der Waals surface area contributed by atoms with Crippen LogP contribution in [0.25, 0.3) is 0 Å². The molecule has 1 atom stereocenters. The topological polar surface area (TPSA) is 79.6 Å². The van der Waals surface area contributed by atoms with Gasteiger partial charge in [0.05, 0.1) is 12.1 Å². The summed E-state index contributed by atoms with van der Waals surface area (Å²) in [6.07, 6.45) is 3.05. The molecule has 2 N–H and O–H groups in total. The van der Waals surface area contributed by atoms with E-state index in [0.717, 1.165) is 61.7 Å². The lowest BCUT2D eigenvalue weighted by molar-refractivity contribution is -0.117. The van der Waals surface area contributed by atoms with E-state index >= 15 is 0 Å². The van der Waals surface area contributed by atoms with Gasteiger partial charge in [0.1, 0.15) is 16.8 Å². The first-order valence-electron chi connectivity index (χ1n) is 10.1. The lowest BCUT2D eigenvalue weighted by atomic mass is 9.89. The number of nitrogens with zero attached hydrogens (tertiary/aromatic N) is 3. The zero-order valence-corrected chi connectivity index (χ0v) is 17.5. The van der Waals surface area contributed by atoms with Crippen molar-refractivity contribution in [1.82, 2.24) is 4.90 Å². The average Bonchev–Trinajstić information content (AvgIpc) is 3.05. The number of benzene rings is 1. The van der Waals surface area contributed by atoms with Crippen molar-refractivity contribution in [2.24, 2.45) is 5.92 Å². The van der Waals surface area contributed by atoms with E-state index in [9.17, 15) is 15.2 Å². The molecule has 7 heteroatoms. The van der Waals surface area contributed by atoms with E-state index < -0.39 is 0 Å². The third kappa shape index (κ3) is 4.39. The lowest BCUT2D eigenvalue weighted by Crippen LogP contribution is -2.48. The Hall–Kier alpha value is -2.56. The van der Waals surface area contributed by atoms with E-state index in [1.54, 1.807) is 23.5 Å². The van der Waals surface area contributed by atoms with Crippen molar-refractivity contribution in [3.05, 3.63) is 40.3 Å². The monoisotopic (exact) mass is 410 g/mol. The first-order valence-corrected chi connectivity index (χ1v) is 11.0. The maximum atomic E-state index is 12.6. The molecule has 1 aliphatic carbocycles. The largest absolute Gasteiger partial charge is 0.508 e. The highest BCUT2D eigenvalue weighted by atomic mass is 32.1. The van der Waals surface area contributed by atoms with Crippen molar-refractivity contribution < 1.29 is 9.90 Å². The smallest absolute Gasteiger partial charge is 0.239 e. The van der Waals surface area contributed by atoms with Gasteiger partial charge in [0.25, 0.3) is 0 Å². The molecule has 1 amide bonds. The first-order chi connectivity index (χ1) is 14.0. The van der Waals surface area contributed by atoms with Crippen LogP contribution in [-0.4, -0.2) is 48.6 Å². The number of hydrogen-bond acceptors (Lipinski definition) is 6. The number of phenolic OH excluding ortho intramolecular Hbond substituents is 1. The molecular weight excluding hydrogens is 384 g/mol. The van der Waals surface area contributed by atoms with Crippen molar-refractivity contribution in [2.45, 2.75) is 26.2 Å². The number of carbonyl (C=O) groups excluding carboxylic acids is 1. The Bertz CT molecular complexity index is 924. The molecule has 29 heavy (non-hydrogen) atoms. The Morgan fingerprint density at radius 1 is 1.28 bits per heavy atom. The van der Waals surface area contributed by atoms with E-state index in [-0.39, 0.29) is 11.7 Å². The van der Waals surface area contributed by atoms with Gasteiger partial charge in [-0.1, -0.05) is 6.92 Å². The van der Waals surface area contributed by atoms with Gasteiger partial charge in [-0.2, -0.15) is 5.26 Å². The number of nitrogens with one attached hydrogen (secondary N) is 1. The molecule has 2 aromatic rings. The highest BCUT2D eigenvalue weighted by molar-refractivity contribution is 7.16. The lowest BCUT2D eigenvalue weighted by Gasteiger charge is -2.35.